The summed E-state index contributed by atoms with van der Waals surface area (Å²) >= 11 is 0. The predicted molar refractivity (Wildman–Crippen MR) is 94.5 cm³/mol. The molecule has 0 aromatic heterocycles. The maximum absolute atomic E-state index is 13.0. The van der Waals surface area contributed by atoms with Gasteiger partial charge in [-0.15, -0.1) is 0 Å². The molecule has 3 rings (SSSR count). The van der Waals surface area contributed by atoms with E-state index in [1.54, 1.807) is 12.1 Å². The average Bonchev–Trinajstić information content (AvgIpc) is 2.66. The number of hydrogen-bond donors (Lipinski definition) is 0. The zero-order valence-electron chi connectivity index (χ0n) is 13.9. The van der Waals surface area contributed by atoms with E-state index in [2.05, 4.69) is 6.58 Å². The Bertz CT molecular complexity index is 766. The minimum absolute atomic E-state index is 0.00669. The van der Waals surface area contributed by atoms with Crippen LogP contribution in [0.5, 0.6) is 5.75 Å². The summed E-state index contributed by atoms with van der Waals surface area (Å²) in [7, 11) is 0. The van der Waals surface area contributed by atoms with Crippen molar-refractivity contribution >= 4 is 11.8 Å². The largest absolute Gasteiger partial charge is 0.484 e. The number of esters is 1. The summed E-state index contributed by atoms with van der Waals surface area (Å²) in [4.78, 5) is 24.8. The van der Waals surface area contributed by atoms with Crippen molar-refractivity contribution in [3.05, 3.63) is 78.4 Å². The molecule has 0 spiro atoms. The minimum atomic E-state index is -0.423. The fourth-order valence-corrected chi connectivity index (χ4v) is 3.05. The van der Waals surface area contributed by atoms with Gasteiger partial charge in [0.05, 0.1) is 11.5 Å². The molecule has 128 valence electrons. The molecule has 2 aromatic rings. The predicted octanol–water partition coefficient (Wildman–Crippen LogP) is 4.13. The first kappa shape index (κ1) is 17.0. The molecule has 0 aliphatic carbocycles. The third-order valence-corrected chi connectivity index (χ3v) is 4.26. The number of ether oxygens (including phenoxy) is 2. The monoisotopic (exact) mass is 336 g/mol. The molecule has 0 bridgehead atoms. The van der Waals surface area contributed by atoms with Crippen LogP contribution in [0.15, 0.2) is 67.3 Å². The third kappa shape index (κ3) is 3.79. The van der Waals surface area contributed by atoms with Gasteiger partial charge in [0, 0.05) is 6.42 Å². The second-order valence-electron chi connectivity index (χ2n) is 5.93. The fourth-order valence-electron chi connectivity index (χ4n) is 3.05. The van der Waals surface area contributed by atoms with Gasteiger partial charge in [-0.1, -0.05) is 55.1 Å². The fraction of sp³-hybridized carbons (Fsp3) is 0.238. The van der Waals surface area contributed by atoms with E-state index in [1.807, 2.05) is 42.5 Å². The van der Waals surface area contributed by atoms with Crippen molar-refractivity contribution in [1.82, 2.24) is 0 Å². The number of benzene rings is 2. The summed E-state index contributed by atoms with van der Waals surface area (Å²) in [6, 6.07) is 16.9. The lowest BCUT2D eigenvalue weighted by atomic mass is 9.83. The van der Waals surface area contributed by atoms with Crippen LogP contribution in [-0.4, -0.2) is 18.4 Å². The Morgan fingerprint density at radius 1 is 1.12 bits per heavy atom. The minimum Gasteiger partial charge on any atom is -0.484 e. The molecule has 2 atom stereocenters. The lowest BCUT2D eigenvalue weighted by molar-refractivity contribution is -0.142. The highest BCUT2D eigenvalue weighted by atomic mass is 16.5. The molecule has 1 heterocycles. The van der Waals surface area contributed by atoms with E-state index >= 15 is 0 Å². The quantitative estimate of drug-likeness (QED) is 0.588. The number of carbonyl (C=O) groups is 2. The second-order valence-corrected chi connectivity index (χ2v) is 5.93. The van der Waals surface area contributed by atoms with E-state index in [9.17, 15) is 9.59 Å². The first-order valence-corrected chi connectivity index (χ1v) is 8.32. The van der Waals surface area contributed by atoms with Gasteiger partial charge in [0.2, 0.25) is 0 Å². The molecule has 25 heavy (non-hydrogen) atoms. The van der Waals surface area contributed by atoms with Gasteiger partial charge >= 0.3 is 5.97 Å². The first-order valence-electron chi connectivity index (χ1n) is 8.32. The lowest BCUT2D eigenvalue weighted by Gasteiger charge is -2.32. The first-order chi connectivity index (χ1) is 12.2. The topological polar surface area (TPSA) is 52.6 Å². The SMILES string of the molecule is C=CCOC(=O)CCC1C(=O)c2ccccc2OC1c1ccccc1. The average molecular weight is 336 g/mol. The maximum atomic E-state index is 13.0. The van der Waals surface area contributed by atoms with Crippen molar-refractivity contribution in [2.24, 2.45) is 5.92 Å². The number of fused-ring (bicyclic) bond motifs is 1. The summed E-state index contributed by atoms with van der Waals surface area (Å²) < 4.78 is 11.1. The van der Waals surface area contributed by atoms with Crippen LogP contribution in [0.2, 0.25) is 0 Å². The third-order valence-electron chi connectivity index (χ3n) is 4.26. The van der Waals surface area contributed by atoms with E-state index in [1.165, 1.54) is 6.08 Å². The molecule has 1 aliphatic heterocycles. The maximum Gasteiger partial charge on any atom is 0.306 e. The summed E-state index contributed by atoms with van der Waals surface area (Å²) in [6.45, 7) is 3.70. The van der Waals surface area contributed by atoms with Crippen LogP contribution in [-0.2, 0) is 9.53 Å². The highest BCUT2D eigenvalue weighted by Gasteiger charge is 2.38. The van der Waals surface area contributed by atoms with Gasteiger partial charge in [-0.25, -0.2) is 0 Å². The van der Waals surface area contributed by atoms with Gasteiger partial charge < -0.3 is 9.47 Å². The standard InChI is InChI=1S/C21H20O4/c1-2-14-24-19(22)13-12-17-20(23)16-10-6-7-11-18(16)25-21(17)15-8-4-3-5-9-15/h2-11,17,21H,1,12-14H2. The van der Waals surface area contributed by atoms with Gasteiger partial charge in [-0.2, -0.15) is 0 Å². The number of para-hydroxylation sites is 1. The molecule has 0 radical (unpaired) electrons. The molecule has 0 N–H and O–H groups in total. The van der Waals surface area contributed by atoms with Crippen molar-refractivity contribution in [3.63, 3.8) is 0 Å². The van der Waals surface area contributed by atoms with Crippen LogP contribution < -0.4 is 4.74 Å². The van der Waals surface area contributed by atoms with E-state index < -0.39 is 12.0 Å². The Labute approximate surface area is 147 Å². The number of hydrogen-bond acceptors (Lipinski definition) is 4. The Morgan fingerprint density at radius 3 is 2.60 bits per heavy atom. The Morgan fingerprint density at radius 2 is 1.84 bits per heavy atom. The van der Waals surface area contributed by atoms with Crippen LogP contribution in [0, 0.1) is 5.92 Å². The van der Waals surface area contributed by atoms with Crippen LogP contribution in [0.3, 0.4) is 0 Å². The molecule has 0 amide bonds. The van der Waals surface area contributed by atoms with E-state index in [-0.39, 0.29) is 24.8 Å². The smallest absolute Gasteiger partial charge is 0.306 e. The normalized spacial score (nSPS) is 18.8. The summed E-state index contributed by atoms with van der Waals surface area (Å²) in [5, 5.41) is 0. The molecule has 0 saturated carbocycles. The Hall–Kier alpha value is -2.88. The van der Waals surface area contributed by atoms with Gasteiger partial charge in [0.15, 0.2) is 5.78 Å². The summed E-state index contributed by atoms with van der Waals surface area (Å²) in [6.07, 6.45) is 1.66. The van der Waals surface area contributed by atoms with Gasteiger partial charge in [0.25, 0.3) is 0 Å². The Kier molecular flexibility index (Phi) is 5.29. The molecule has 4 heteroatoms. The lowest BCUT2D eigenvalue weighted by Crippen LogP contribution is -2.32. The van der Waals surface area contributed by atoms with Crippen molar-refractivity contribution in [3.8, 4) is 5.75 Å². The van der Waals surface area contributed by atoms with Gasteiger partial charge in [-0.05, 0) is 24.1 Å². The van der Waals surface area contributed by atoms with Crippen molar-refractivity contribution in [1.29, 1.82) is 0 Å². The van der Waals surface area contributed by atoms with Crippen molar-refractivity contribution in [2.75, 3.05) is 6.61 Å². The number of ketones is 1. The molecule has 0 fully saturated rings. The molecular weight excluding hydrogens is 316 g/mol. The molecule has 1 aliphatic rings. The van der Waals surface area contributed by atoms with Crippen LogP contribution in [0.4, 0.5) is 0 Å². The zero-order chi connectivity index (χ0) is 17.6. The van der Waals surface area contributed by atoms with Crippen molar-refractivity contribution < 1.29 is 19.1 Å². The van der Waals surface area contributed by atoms with Crippen LogP contribution >= 0.6 is 0 Å². The highest BCUT2D eigenvalue weighted by molar-refractivity contribution is 6.01. The molecule has 4 nitrogen and oxygen atoms in total. The van der Waals surface area contributed by atoms with E-state index in [4.69, 9.17) is 9.47 Å². The number of carbonyl (C=O) groups excluding carboxylic acids is 2. The zero-order valence-corrected chi connectivity index (χ0v) is 13.9. The van der Waals surface area contributed by atoms with Crippen LogP contribution in [0.1, 0.15) is 34.9 Å². The van der Waals surface area contributed by atoms with Crippen molar-refractivity contribution in [2.45, 2.75) is 18.9 Å². The van der Waals surface area contributed by atoms with Gasteiger partial charge in [0.1, 0.15) is 18.5 Å². The molecule has 2 aromatic carbocycles. The van der Waals surface area contributed by atoms with Gasteiger partial charge in [-0.3, -0.25) is 9.59 Å². The molecular formula is C21H20O4. The number of rotatable bonds is 6. The Balaban J connectivity index is 1.84. The summed E-state index contributed by atoms with van der Waals surface area (Å²) in [5.74, 6) is -0.161. The molecule has 2 unspecified atom stereocenters. The summed E-state index contributed by atoms with van der Waals surface area (Å²) in [5.41, 5.74) is 1.49. The van der Waals surface area contributed by atoms with Crippen LogP contribution in [0.25, 0.3) is 0 Å². The number of Topliss-reactive ketones (excluding diaryl/α,β-unsaturated/α-hetero) is 1. The molecule has 0 saturated heterocycles. The van der Waals surface area contributed by atoms with E-state index in [0.717, 1.165) is 5.56 Å². The second kappa shape index (κ2) is 7.79. The van der Waals surface area contributed by atoms with E-state index in [0.29, 0.717) is 17.7 Å². The highest BCUT2D eigenvalue weighted by Crippen LogP contribution is 2.40.